The van der Waals surface area contributed by atoms with E-state index in [1.165, 1.54) is 25.2 Å². The number of hydrogen-bond acceptors (Lipinski definition) is 6. The molecule has 0 saturated carbocycles. The number of carbonyl (C=O) groups is 2. The first-order valence-electron chi connectivity index (χ1n) is 11.8. The monoisotopic (exact) mass is 507 g/mol. The van der Waals surface area contributed by atoms with E-state index in [0.717, 1.165) is 57.2 Å². The predicted molar refractivity (Wildman–Crippen MR) is 148 cm³/mol. The molecule has 0 radical (unpaired) electrons. The first kappa shape index (κ1) is 24.3. The average molecular weight is 508 g/mol. The molecule has 37 heavy (non-hydrogen) atoms. The highest BCUT2D eigenvalue weighted by molar-refractivity contribution is 7.19. The summed E-state index contributed by atoms with van der Waals surface area (Å²) in [6, 6.07) is 11.8. The Morgan fingerprint density at radius 3 is 2.62 bits per heavy atom. The molecule has 0 aliphatic heterocycles. The summed E-state index contributed by atoms with van der Waals surface area (Å²) in [5.41, 5.74) is 7.68. The van der Waals surface area contributed by atoms with Gasteiger partial charge in [0.2, 0.25) is 5.91 Å². The number of benzene rings is 1. The topological polar surface area (TPSA) is 89.8 Å². The van der Waals surface area contributed by atoms with Crippen LogP contribution in [-0.2, 0) is 22.4 Å². The molecule has 184 valence electrons. The van der Waals surface area contributed by atoms with Crippen molar-refractivity contribution in [1.82, 2.24) is 19.7 Å². The highest BCUT2D eigenvalue weighted by Gasteiger charge is 2.30. The smallest absolute Gasteiger partial charge is 0.223 e. The van der Waals surface area contributed by atoms with E-state index in [9.17, 15) is 9.59 Å². The first-order valence-corrected chi connectivity index (χ1v) is 12.6. The Labute approximate surface area is 218 Å². The normalized spacial score (nSPS) is 12.7. The van der Waals surface area contributed by atoms with Gasteiger partial charge in [-0.15, -0.1) is 0 Å². The first-order chi connectivity index (χ1) is 17.9. The zero-order chi connectivity index (χ0) is 26.1. The van der Waals surface area contributed by atoms with Crippen LogP contribution in [0.1, 0.15) is 30.7 Å². The van der Waals surface area contributed by atoms with Crippen LogP contribution in [0.5, 0.6) is 0 Å². The summed E-state index contributed by atoms with van der Waals surface area (Å²) in [7, 11) is 0. The van der Waals surface area contributed by atoms with Crippen molar-refractivity contribution in [3.05, 3.63) is 96.5 Å². The minimum Gasteiger partial charge on any atom is -0.302 e. The molecule has 0 fully saturated rings. The van der Waals surface area contributed by atoms with Gasteiger partial charge in [0.25, 0.3) is 0 Å². The molecule has 8 heteroatoms. The molecule has 1 aliphatic rings. The second-order valence-corrected chi connectivity index (χ2v) is 9.65. The number of carbonyl (C=O) groups excluding carboxylic acids is 2. The largest absolute Gasteiger partial charge is 0.302 e. The van der Waals surface area contributed by atoms with Crippen LogP contribution < -0.4 is 5.32 Å². The molecule has 7 nitrogen and oxygen atoms in total. The van der Waals surface area contributed by atoms with E-state index < -0.39 is 0 Å². The molecule has 1 amide bonds. The van der Waals surface area contributed by atoms with Crippen LogP contribution in [0.15, 0.2) is 79.7 Å². The van der Waals surface area contributed by atoms with Crippen molar-refractivity contribution in [2.75, 3.05) is 5.32 Å². The van der Waals surface area contributed by atoms with Gasteiger partial charge in [-0.25, -0.2) is 9.67 Å². The van der Waals surface area contributed by atoms with Crippen LogP contribution in [0.4, 0.5) is 5.13 Å². The zero-order valence-electron chi connectivity index (χ0n) is 20.6. The van der Waals surface area contributed by atoms with E-state index in [-0.39, 0.29) is 11.7 Å². The highest BCUT2D eigenvalue weighted by Crippen LogP contribution is 2.44. The molecular formula is C29H25N5O2S. The second kappa shape index (κ2) is 9.91. The number of nitrogens with zero attached hydrogens (tertiary/aromatic N) is 4. The molecular weight excluding hydrogens is 482 g/mol. The van der Waals surface area contributed by atoms with Crippen molar-refractivity contribution in [3.8, 4) is 27.5 Å². The lowest BCUT2D eigenvalue weighted by Gasteiger charge is -2.15. The number of nitrogens with one attached hydrogen (secondary N) is 1. The van der Waals surface area contributed by atoms with Gasteiger partial charge in [0.1, 0.15) is 0 Å². The van der Waals surface area contributed by atoms with Gasteiger partial charge >= 0.3 is 0 Å². The molecule has 3 aromatic heterocycles. The molecule has 0 saturated heterocycles. The number of allylic oxidation sites excluding steroid dienone is 4. The number of rotatable bonds is 7. The lowest BCUT2D eigenvalue weighted by molar-refractivity contribution is -0.114. The summed E-state index contributed by atoms with van der Waals surface area (Å²) in [5, 5.41) is 8.46. The van der Waals surface area contributed by atoms with Crippen molar-refractivity contribution in [2.24, 2.45) is 0 Å². The van der Waals surface area contributed by atoms with Crippen LogP contribution in [0, 0.1) is 0 Å². The van der Waals surface area contributed by atoms with Gasteiger partial charge in [0, 0.05) is 36.0 Å². The highest BCUT2D eigenvalue weighted by atomic mass is 32.1. The van der Waals surface area contributed by atoms with Crippen LogP contribution in [-0.4, -0.2) is 31.4 Å². The summed E-state index contributed by atoms with van der Waals surface area (Å²) in [4.78, 5) is 33.9. The lowest BCUT2D eigenvalue weighted by Crippen LogP contribution is -2.07. The van der Waals surface area contributed by atoms with Gasteiger partial charge in [-0.2, -0.15) is 5.10 Å². The zero-order valence-corrected chi connectivity index (χ0v) is 21.4. The number of aryl methyl sites for hydroxylation is 1. The number of thiazole rings is 1. The van der Waals surface area contributed by atoms with E-state index in [1.54, 1.807) is 18.3 Å². The molecule has 3 heterocycles. The minimum atomic E-state index is -0.157. The Morgan fingerprint density at radius 1 is 1.11 bits per heavy atom. The Balaban J connectivity index is 1.74. The third kappa shape index (κ3) is 4.47. The average Bonchev–Trinajstić information content (AvgIpc) is 3.48. The second-order valence-electron chi connectivity index (χ2n) is 8.65. The van der Waals surface area contributed by atoms with E-state index in [0.29, 0.717) is 16.3 Å². The number of aromatic nitrogens is 4. The lowest BCUT2D eigenvalue weighted by atomic mass is 9.95. The maximum absolute atomic E-state index is 12.2. The molecule has 1 aliphatic carbocycles. The van der Waals surface area contributed by atoms with Crippen molar-refractivity contribution in [2.45, 2.75) is 26.7 Å². The number of hydrogen-bond donors (Lipinski definition) is 1. The number of Topliss-reactive ketones (excluding diaryl/α,β-unsaturated/α-hetero) is 1. The number of amides is 1. The Kier molecular flexibility index (Phi) is 6.50. The summed E-state index contributed by atoms with van der Waals surface area (Å²) in [6.45, 7) is 10.7. The molecule has 0 atom stereocenters. The Morgan fingerprint density at radius 2 is 1.95 bits per heavy atom. The quantitative estimate of drug-likeness (QED) is 0.251. The van der Waals surface area contributed by atoms with Crippen molar-refractivity contribution in [3.63, 3.8) is 0 Å². The van der Waals surface area contributed by atoms with Crippen molar-refractivity contribution >= 4 is 33.7 Å². The maximum Gasteiger partial charge on any atom is 0.223 e. The van der Waals surface area contributed by atoms with E-state index >= 15 is 0 Å². The SMILES string of the molecule is C=C/C(C(C)=O)=C(\C=C)c1cccc(-n2nc(-c3cccnc3)c3c2-c2sc(NC(C)=O)nc2CC3)c1. The van der Waals surface area contributed by atoms with Gasteiger partial charge in [-0.3, -0.25) is 14.6 Å². The molecule has 1 N–H and O–H groups in total. The van der Waals surface area contributed by atoms with E-state index in [2.05, 4.69) is 28.4 Å². The molecule has 5 rings (SSSR count). The van der Waals surface area contributed by atoms with Crippen molar-refractivity contribution < 1.29 is 9.59 Å². The molecule has 1 aromatic carbocycles. The van der Waals surface area contributed by atoms with Crippen LogP contribution in [0.3, 0.4) is 0 Å². The fourth-order valence-corrected chi connectivity index (χ4v) is 5.74. The van der Waals surface area contributed by atoms with Crippen LogP contribution in [0.25, 0.3) is 33.1 Å². The number of pyridine rings is 1. The Hall–Kier alpha value is -4.43. The molecule has 4 aromatic rings. The van der Waals surface area contributed by atoms with Crippen LogP contribution in [0.2, 0.25) is 0 Å². The number of anilines is 1. The van der Waals surface area contributed by atoms with E-state index in [4.69, 9.17) is 5.10 Å². The predicted octanol–water partition coefficient (Wildman–Crippen LogP) is 5.83. The van der Waals surface area contributed by atoms with Gasteiger partial charge < -0.3 is 5.32 Å². The third-order valence-electron chi connectivity index (χ3n) is 6.21. The van der Waals surface area contributed by atoms with Crippen molar-refractivity contribution in [1.29, 1.82) is 0 Å². The van der Waals surface area contributed by atoms with Gasteiger partial charge in [0.05, 0.1) is 27.6 Å². The molecule has 0 bridgehead atoms. The third-order valence-corrected chi connectivity index (χ3v) is 7.22. The van der Waals surface area contributed by atoms with Gasteiger partial charge in [-0.1, -0.05) is 48.8 Å². The van der Waals surface area contributed by atoms with E-state index in [1.807, 2.05) is 47.3 Å². The number of fused-ring (bicyclic) bond motifs is 3. The fraction of sp³-hybridized carbons (Fsp3) is 0.138. The summed E-state index contributed by atoms with van der Waals surface area (Å²) < 4.78 is 1.93. The summed E-state index contributed by atoms with van der Waals surface area (Å²) >= 11 is 1.45. The Bertz CT molecular complexity index is 1590. The van der Waals surface area contributed by atoms with Gasteiger partial charge in [0.15, 0.2) is 10.9 Å². The fourth-order valence-electron chi connectivity index (χ4n) is 4.63. The maximum atomic E-state index is 12.2. The molecule has 0 unspecified atom stereocenters. The summed E-state index contributed by atoms with van der Waals surface area (Å²) in [5.74, 6) is -0.235. The molecule has 0 spiro atoms. The van der Waals surface area contributed by atoms with Gasteiger partial charge in [-0.05, 0) is 55.2 Å². The standard InChI is InChI=1S/C29H25N5O2S/c1-5-22(17(3)35)23(6-2)19-9-7-11-21(15-19)34-27-24(26(33-34)20-10-8-14-30-16-20)12-13-25-28(27)37-29(32-25)31-18(4)36/h5-11,14-16H,1-2,12-13H2,3-4H3,(H,31,32,36)/b23-22-. The summed E-state index contributed by atoms with van der Waals surface area (Å²) in [6.07, 6.45) is 8.32. The van der Waals surface area contributed by atoms with Crippen LogP contribution >= 0.6 is 11.3 Å². The number of ketones is 1. The minimum absolute atomic E-state index is 0.0783.